The zero-order valence-electron chi connectivity index (χ0n) is 10.8. The third-order valence-corrected chi connectivity index (χ3v) is 3.27. The van der Waals surface area contributed by atoms with Crippen LogP contribution >= 0.6 is 0 Å². The quantitative estimate of drug-likeness (QED) is 0.878. The van der Waals surface area contributed by atoms with Crippen LogP contribution in [0, 0.1) is 6.92 Å². The van der Waals surface area contributed by atoms with Crippen LogP contribution < -0.4 is 5.56 Å². The van der Waals surface area contributed by atoms with Gasteiger partial charge < -0.3 is 14.8 Å². The van der Waals surface area contributed by atoms with Crippen LogP contribution in [0.15, 0.2) is 29.2 Å². The summed E-state index contributed by atoms with van der Waals surface area (Å²) in [6.45, 7) is 3.27. The fraction of sp³-hybridized carbons (Fsp3) is 0.286. The highest BCUT2D eigenvalue weighted by Crippen LogP contribution is 2.20. The van der Waals surface area contributed by atoms with Gasteiger partial charge >= 0.3 is 5.97 Å². The van der Waals surface area contributed by atoms with Crippen molar-refractivity contribution in [2.45, 2.75) is 19.9 Å². The predicted octanol–water partition coefficient (Wildman–Crippen LogP) is 1.56. The number of hydrogen-bond donors (Lipinski definition) is 2. The van der Waals surface area contributed by atoms with E-state index in [2.05, 4.69) is 0 Å². The minimum absolute atomic E-state index is 0.150. The van der Waals surface area contributed by atoms with Crippen molar-refractivity contribution < 1.29 is 15.0 Å². The Labute approximate surface area is 109 Å². The van der Waals surface area contributed by atoms with Gasteiger partial charge in [0.25, 0.3) is 5.56 Å². The average Bonchev–Trinajstić information content (AvgIpc) is 2.37. The molecule has 1 heterocycles. The Balaban J connectivity index is 2.83. The van der Waals surface area contributed by atoms with E-state index in [-0.39, 0.29) is 23.8 Å². The molecule has 5 heteroatoms. The number of nitrogens with zero attached hydrogens (tertiary/aromatic N) is 1. The second-order valence-electron chi connectivity index (χ2n) is 4.58. The van der Waals surface area contributed by atoms with E-state index in [0.29, 0.717) is 16.3 Å². The number of rotatable bonds is 3. The molecule has 5 nitrogen and oxygen atoms in total. The van der Waals surface area contributed by atoms with Gasteiger partial charge in [0.15, 0.2) is 0 Å². The van der Waals surface area contributed by atoms with E-state index in [1.54, 1.807) is 32.0 Å². The first kappa shape index (κ1) is 13.3. The highest BCUT2D eigenvalue weighted by molar-refractivity contribution is 6.04. The van der Waals surface area contributed by atoms with Gasteiger partial charge in [0, 0.05) is 17.0 Å². The maximum atomic E-state index is 12.3. The van der Waals surface area contributed by atoms with Gasteiger partial charge in [-0.2, -0.15) is 0 Å². The van der Waals surface area contributed by atoms with Crippen LogP contribution in [0.25, 0.3) is 10.8 Å². The Morgan fingerprint density at radius 2 is 2.00 bits per heavy atom. The molecule has 0 spiro atoms. The van der Waals surface area contributed by atoms with Gasteiger partial charge in [-0.05, 0) is 31.5 Å². The molecular weight excluding hydrogens is 246 g/mol. The first-order valence-electron chi connectivity index (χ1n) is 5.96. The molecule has 0 bridgehead atoms. The lowest BCUT2D eigenvalue weighted by Gasteiger charge is -2.14. The first-order chi connectivity index (χ1) is 8.97. The van der Waals surface area contributed by atoms with E-state index >= 15 is 0 Å². The van der Waals surface area contributed by atoms with Crippen molar-refractivity contribution in [1.29, 1.82) is 0 Å². The number of carbonyl (C=O) groups is 1. The summed E-state index contributed by atoms with van der Waals surface area (Å²) in [5.74, 6) is -1.05. The molecule has 1 unspecified atom stereocenters. The molecule has 2 N–H and O–H groups in total. The third-order valence-electron chi connectivity index (χ3n) is 3.27. The van der Waals surface area contributed by atoms with Crippen molar-refractivity contribution in [2.75, 3.05) is 6.61 Å². The number of carboxylic acids is 1. The minimum Gasteiger partial charge on any atom is -0.478 e. The number of aryl methyl sites for hydroxylation is 1. The number of fused-ring (bicyclic) bond motifs is 1. The molecule has 19 heavy (non-hydrogen) atoms. The highest BCUT2D eigenvalue weighted by Gasteiger charge is 2.15. The first-order valence-corrected chi connectivity index (χ1v) is 5.96. The van der Waals surface area contributed by atoms with Crippen molar-refractivity contribution in [2.24, 2.45) is 0 Å². The van der Waals surface area contributed by atoms with E-state index in [9.17, 15) is 14.7 Å². The summed E-state index contributed by atoms with van der Waals surface area (Å²) in [5, 5.41) is 19.1. The molecule has 1 aromatic heterocycles. The van der Waals surface area contributed by atoms with Crippen molar-refractivity contribution in [1.82, 2.24) is 4.57 Å². The topological polar surface area (TPSA) is 79.5 Å². The SMILES string of the molecule is Cc1ccc2c(=O)n(C(C)CO)ccc2c1C(=O)O. The second kappa shape index (κ2) is 4.85. The molecule has 2 aromatic rings. The van der Waals surface area contributed by atoms with Gasteiger partial charge in [0.05, 0.1) is 18.2 Å². The number of aromatic nitrogens is 1. The lowest BCUT2D eigenvalue weighted by molar-refractivity contribution is 0.0698. The van der Waals surface area contributed by atoms with Crippen LogP contribution in [-0.4, -0.2) is 27.4 Å². The normalized spacial score (nSPS) is 12.6. The number of aliphatic hydroxyl groups excluding tert-OH is 1. The van der Waals surface area contributed by atoms with Gasteiger partial charge in [-0.1, -0.05) is 6.07 Å². The fourth-order valence-electron chi connectivity index (χ4n) is 2.17. The standard InChI is InChI=1S/C14H15NO4/c1-8-3-4-11-10(12(8)14(18)19)5-6-15(13(11)17)9(2)7-16/h3-6,9,16H,7H2,1-2H3,(H,18,19). The smallest absolute Gasteiger partial charge is 0.336 e. The molecule has 0 aliphatic carbocycles. The number of aromatic carboxylic acids is 1. The van der Waals surface area contributed by atoms with E-state index in [0.717, 1.165) is 0 Å². The summed E-state index contributed by atoms with van der Waals surface area (Å²) in [6, 6.07) is 4.52. The Bertz CT molecular complexity index is 702. The second-order valence-corrected chi connectivity index (χ2v) is 4.58. The minimum atomic E-state index is -1.05. The van der Waals surface area contributed by atoms with Crippen molar-refractivity contribution >= 4 is 16.7 Å². The Kier molecular flexibility index (Phi) is 3.40. The van der Waals surface area contributed by atoms with Gasteiger partial charge in [-0.25, -0.2) is 4.79 Å². The Hall–Kier alpha value is -2.14. The molecular formula is C14H15NO4. The lowest BCUT2D eigenvalue weighted by atomic mass is 10.0. The molecule has 1 atom stereocenters. The van der Waals surface area contributed by atoms with Gasteiger partial charge in [0.1, 0.15) is 0 Å². The molecule has 0 aliphatic rings. The summed E-state index contributed by atoms with van der Waals surface area (Å²) in [7, 11) is 0. The Morgan fingerprint density at radius 1 is 1.32 bits per heavy atom. The Morgan fingerprint density at radius 3 is 2.58 bits per heavy atom. The van der Waals surface area contributed by atoms with Crippen LogP contribution in [0.5, 0.6) is 0 Å². The monoisotopic (exact) mass is 261 g/mol. The van der Waals surface area contributed by atoms with Crippen LogP contribution in [-0.2, 0) is 0 Å². The molecule has 2 rings (SSSR count). The number of aliphatic hydroxyl groups is 1. The molecule has 100 valence electrons. The summed E-state index contributed by atoms with van der Waals surface area (Å²) in [4.78, 5) is 23.5. The molecule has 0 fully saturated rings. The van der Waals surface area contributed by atoms with E-state index in [1.807, 2.05) is 0 Å². The molecule has 0 amide bonds. The number of hydrogen-bond acceptors (Lipinski definition) is 3. The zero-order valence-corrected chi connectivity index (χ0v) is 10.8. The van der Waals surface area contributed by atoms with Gasteiger partial charge in [-0.15, -0.1) is 0 Å². The van der Waals surface area contributed by atoms with Crippen molar-refractivity contribution in [3.63, 3.8) is 0 Å². The maximum Gasteiger partial charge on any atom is 0.336 e. The van der Waals surface area contributed by atoms with Crippen LogP contribution in [0.2, 0.25) is 0 Å². The van der Waals surface area contributed by atoms with E-state index in [4.69, 9.17) is 5.11 Å². The fourth-order valence-corrected chi connectivity index (χ4v) is 2.17. The third kappa shape index (κ3) is 2.13. The van der Waals surface area contributed by atoms with Crippen molar-refractivity contribution in [3.05, 3.63) is 45.9 Å². The molecule has 0 saturated heterocycles. The van der Waals surface area contributed by atoms with Crippen LogP contribution in [0.1, 0.15) is 28.9 Å². The largest absolute Gasteiger partial charge is 0.478 e. The lowest BCUT2D eigenvalue weighted by Crippen LogP contribution is -2.25. The number of benzene rings is 1. The van der Waals surface area contributed by atoms with Crippen molar-refractivity contribution in [3.8, 4) is 0 Å². The number of pyridine rings is 1. The van der Waals surface area contributed by atoms with Gasteiger partial charge in [0.2, 0.25) is 0 Å². The summed E-state index contributed by atoms with van der Waals surface area (Å²) < 4.78 is 1.41. The summed E-state index contributed by atoms with van der Waals surface area (Å²) in [5.41, 5.74) is 0.479. The predicted molar refractivity (Wildman–Crippen MR) is 71.7 cm³/mol. The van der Waals surface area contributed by atoms with Gasteiger partial charge in [-0.3, -0.25) is 4.79 Å². The molecule has 0 radical (unpaired) electrons. The maximum absolute atomic E-state index is 12.3. The summed E-state index contributed by atoms with van der Waals surface area (Å²) >= 11 is 0. The van der Waals surface area contributed by atoms with Crippen LogP contribution in [0.4, 0.5) is 0 Å². The number of carboxylic acid groups (broad SMARTS) is 1. The molecule has 0 saturated carbocycles. The van der Waals surface area contributed by atoms with Crippen LogP contribution in [0.3, 0.4) is 0 Å². The summed E-state index contributed by atoms with van der Waals surface area (Å²) in [6.07, 6.45) is 1.53. The van der Waals surface area contributed by atoms with E-state index in [1.165, 1.54) is 10.8 Å². The average molecular weight is 261 g/mol. The highest BCUT2D eigenvalue weighted by atomic mass is 16.4. The molecule has 1 aromatic carbocycles. The molecule has 0 aliphatic heterocycles. The van der Waals surface area contributed by atoms with E-state index < -0.39 is 5.97 Å². The zero-order chi connectivity index (χ0) is 14.2.